The van der Waals surface area contributed by atoms with Crippen molar-refractivity contribution in [1.29, 1.82) is 0 Å². The van der Waals surface area contributed by atoms with Gasteiger partial charge < -0.3 is 29.7 Å². The minimum absolute atomic E-state index is 0.104. The molecule has 2 N–H and O–H groups in total. The lowest BCUT2D eigenvalue weighted by Gasteiger charge is -2.15. The van der Waals surface area contributed by atoms with E-state index >= 15 is 0 Å². The van der Waals surface area contributed by atoms with Crippen LogP contribution >= 0.6 is 23.2 Å². The number of rotatable bonds is 11. The molecular formula is C28H31Cl2N7O4. The van der Waals surface area contributed by atoms with Gasteiger partial charge in [-0.1, -0.05) is 29.3 Å². The van der Waals surface area contributed by atoms with Gasteiger partial charge in [-0.05, 0) is 50.2 Å². The molecular weight excluding hydrogens is 569 g/mol. The molecule has 1 amide bonds. The predicted molar refractivity (Wildman–Crippen MR) is 159 cm³/mol. The molecule has 5 rings (SSSR count). The lowest BCUT2D eigenvalue weighted by Crippen LogP contribution is -2.34. The number of ether oxygens (including phenoxy) is 1. The van der Waals surface area contributed by atoms with Gasteiger partial charge in [-0.25, -0.2) is 4.98 Å². The maximum Gasteiger partial charge on any atom is 0.293 e. The summed E-state index contributed by atoms with van der Waals surface area (Å²) in [5.41, 5.74) is 1.51. The molecule has 1 fully saturated rings. The Balaban J connectivity index is 1.41. The fourth-order valence-corrected chi connectivity index (χ4v) is 5.41. The number of halogens is 2. The van der Waals surface area contributed by atoms with E-state index in [9.17, 15) is 9.59 Å². The molecule has 0 spiro atoms. The second-order valence-electron chi connectivity index (χ2n) is 9.71. The second-order valence-corrected chi connectivity index (χ2v) is 10.5. The topological polar surface area (TPSA) is 116 Å². The van der Waals surface area contributed by atoms with Crippen molar-refractivity contribution >= 4 is 51.8 Å². The van der Waals surface area contributed by atoms with Crippen molar-refractivity contribution < 1.29 is 14.4 Å². The Morgan fingerprint density at radius 3 is 2.61 bits per heavy atom. The molecule has 4 heterocycles. The third kappa shape index (κ3) is 6.48. The molecule has 1 aliphatic heterocycles. The van der Waals surface area contributed by atoms with Gasteiger partial charge in [0.25, 0.3) is 11.5 Å². The molecule has 0 bridgehead atoms. The fourth-order valence-electron chi connectivity index (χ4n) is 4.81. The smallest absolute Gasteiger partial charge is 0.293 e. The highest BCUT2D eigenvalue weighted by atomic mass is 35.5. The number of hydrogen-bond acceptors (Lipinski definition) is 8. The minimum Gasteiger partial charge on any atom is -0.406 e. The van der Waals surface area contributed by atoms with E-state index in [-0.39, 0.29) is 36.3 Å². The minimum atomic E-state index is -0.485. The molecule has 0 atom stereocenters. The van der Waals surface area contributed by atoms with Gasteiger partial charge in [0.05, 0.1) is 27.9 Å². The maximum atomic E-state index is 13.6. The lowest BCUT2D eigenvalue weighted by atomic mass is 10.1. The van der Waals surface area contributed by atoms with E-state index in [1.807, 2.05) is 0 Å². The first-order chi connectivity index (χ1) is 19.9. The summed E-state index contributed by atoms with van der Waals surface area (Å²) in [5.74, 6) is 0.0569. The highest BCUT2D eigenvalue weighted by Crippen LogP contribution is 2.34. The number of nitrogens with zero attached hydrogens (tertiary/aromatic N) is 5. The summed E-state index contributed by atoms with van der Waals surface area (Å²) >= 11 is 12.8. The van der Waals surface area contributed by atoms with E-state index in [2.05, 4.69) is 25.5 Å². The number of benzene rings is 1. The Labute approximate surface area is 246 Å². The SMILES string of the molecule is COCCOn1c(=O)c(-c2c(Cl)cccc2Cl)cc2cnc(Nc3cc(C(=O)NCCN4CCCC4)n(C)c3)nc21. The quantitative estimate of drug-likeness (QED) is 0.250. The van der Waals surface area contributed by atoms with Crippen molar-refractivity contribution in [3.05, 3.63) is 68.8 Å². The molecule has 0 saturated carbocycles. The van der Waals surface area contributed by atoms with Crippen LogP contribution in [0.1, 0.15) is 23.3 Å². The molecule has 0 radical (unpaired) electrons. The van der Waals surface area contributed by atoms with Crippen LogP contribution in [-0.4, -0.2) is 76.6 Å². The molecule has 1 aliphatic rings. The lowest BCUT2D eigenvalue weighted by molar-refractivity contribution is 0.0584. The normalized spacial score (nSPS) is 13.6. The van der Waals surface area contributed by atoms with Gasteiger partial charge in [-0.15, -0.1) is 4.73 Å². The number of nitrogens with one attached hydrogen (secondary N) is 2. The van der Waals surface area contributed by atoms with Gasteiger partial charge >= 0.3 is 0 Å². The van der Waals surface area contributed by atoms with Gasteiger partial charge in [-0.2, -0.15) is 4.98 Å². The monoisotopic (exact) mass is 599 g/mol. The van der Waals surface area contributed by atoms with Crippen molar-refractivity contribution in [2.45, 2.75) is 12.8 Å². The third-order valence-electron chi connectivity index (χ3n) is 6.85. The van der Waals surface area contributed by atoms with E-state index in [0.29, 0.717) is 38.9 Å². The van der Waals surface area contributed by atoms with E-state index in [4.69, 9.17) is 32.8 Å². The molecule has 11 nitrogen and oxygen atoms in total. The van der Waals surface area contributed by atoms with Crippen LogP contribution in [0, 0.1) is 0 Å². The predicted octanol–water partition coefficient (Wildman–Crippen LogP) is 3.75. The van der Waals surface area contributed by atoms with Crippen LogP contribution in [-0.2, 0) is 11.8 Å². The summed E-state index contributed by atoms with van der Waals surface area (Å²) in [6.45, 7) is 3.95. The average molecular weight is 601 g/mol. The highest BCUT2D eigenvalue weighted by molar-refractivity contribution is 6.39. The fraction of sp³-hybridized carbons (Fsp3) is 0.357. The molecule has 3 aromatic heterocycles. The number of pyridine rings is 1. The summed E-state index contributed by atoms with van der Waals surface area (Å²) in [4.78, 5) is 43.5. The molecule has 1 aromatic carbocycles. The van der Waals surface area contributed by atoms with E-state index < -0.39 is 5.56 Å². The molecule has 0 unspecified atom stereocenters. The number of aryl methyl sites for hydroxylation is 1. The van der Waals surface area contributed by atoms with Crippen molar-refractivity contribution in [2.75, 3.05) is 51.8 Å². The Bertz CT molecular complexity index is 1600. The van der Waals surface area contributed by atoms with Crippen LogP contribution in [0.25, 0.3) is 22.2 Å². The summed E-state index contributed by atoms with van der Waals surface area (Å²) < 4.78 is 7.92. The second kappa shape index (κ2) is 12.9. The summed E-state index contributed by atoms with van der Waals surface area (Å²) in [6, 6.07) is 8.39. The Hall–Kier alpha value is -3.64. The number of likely N-dealkylation sites (tertiary alicyclic amines) is 1. The van der Waals surface area contributed by atoms with E-state index in [1.54, 1.807) is 54.3 Å². The van der Waals surface area contributed by atoms with Crippen LogP contribution in [0.5, 0.6) is 0 Å². The Morgan fingerprint density at radius 1 is 1.12 bits per heavy atom. The van der Waals surface area contributed by atoms with Gasteiger partial charge in [0.2, 0.25) is 5.95 Å². The molecule has 216 valence electrons. The van der Waals surface area contributed by atoms with Gasteiger partial charge in [0.1, 0.15) is 12.3 Å². The first kappa shape index (κ1) is 28.9. The first-order valence-corrected chi connectivity index (χ1v) is 14.0. The van der Waals surface area contributed by atoms with Crippen molar-refractivity contribution in [3.63, 3.8) is 0 Å². The van der Waals surface area contributed by atoms with E-state index in [1.165, 1.54) is 20.0 Å². The largest absolute Gasteiger partial charge is 0.406 e. The van der Waals surface area contributed by atoms with Crippen LogP contribution in [0.15, 0.2) is 47.5 Å². The van der Waals surface area contributed by atoms with Crippen LogP contribution in [0.4, 0.5) is 11.6 Å². The maximum absolute atomic E-state index is 13.6. The number of methoxy groups -OCH3 is 1. The molecule has 1 saturated heterocycles. The summed E-state index contributed by atoms with van der Waals surface area (Å²) in [5, 5.41) is 7.30. The van der Waals surface area contributed by atoms with Crippen molar-refractivity contribution in [3.8, 4) is 11.1 Å². The van der Waals surface area contributed by atoms with Crippen LogP contribution in [0.2, 0.25) is 10.0 Å². The molecule has 13 heteroatoms. The average Bonchev–Trinajstić information content (AvgIpc) is 3.60. The molecule has 0 aliphatic carbocycles. The standard InChI is InChI=1S/C28H31Cl2N7O4/c1-35-17-19(15-23(35)26(38)31-8-11-36-9-3-4-10-36)33-28-32-16-18-14-20(24-21(29)6-5-7-22(24)30)27(39)37(25(18)34-28)41-13-12-40-2/h5-7,14-17H,3-4,8-13H2,1-2H3,(H,31,38)(H,32,33,34). The number of carbonyl (C=O) groups excluding carboxylic acids is 1. The van der Waals surface area contributed by atoms with Crippen LogP contribution < -0.4 is 21.0 Å². The zero-order valence-corrected chi connectivity index (χ0v) is 24.3. The Kier molecular flexibility index (Phi) is 9.09. The van der Waals surface area contributed by atoms with Crippen molar-refractivity contribution in [1.82, 2.24) is 29.5 Å². The number of aromatic nitrogens is 4. The zero-order valence-electron chi connectivity index (χ0n) is 22.8. The molecule has 4 aromatic rings. The van der Waals surface area contributed by atoms with Gasteiger partial charge in [-0.3, -0.25) is 9.59 Å². The van der Waals surface area contributed by atoms with Gasteiger partial charge in [0.15, 0.2) is 5.65 Å². The molecule has 41 heavy (non-hydrogen) atoms. The van der Waals surface area contributed by atoms with Crippen LogP contribution in [0.3, 0.4) is 0 Å². The zero-order chi connectivity index (χ0) is 28.9. The number of anilines is 2. The third-order valence-corrected chi connectivity index (χ3v) is 7.48. The van der Waals surface area contributed by atoms with Crippen molar-refractivity contribution in [2.24, 2.45) is 7.05 Å². The Morgan fingerprint density at radius 2 is 1.88 bits per heavy atom. The number of fused-ring (bicyclic) bond motifs is 1. The highest BCUT2D eigenvalue weighted by Gasteiger charge is 2.19. The van der Waals surface area contributed by atoms with Gasteiger partial charge in [0, 0.05) is 50.6 Å². The number of carbonyl (C=O) groups is 1. The summed E-state index contributed by atoms with van der Waals surface area (Å²) in [6.07, 6.45) is 5.77. The van der Waals surface area contributed by atoms with E-state index in [0.717, 1.165) is 24.4 Å². The first-order valence-electron chi connectivity index (χ1n) is 13.3. The number of hydrogen-bond donors (Lipinski definition) is 2. The summed E-state index contributed by atoms with van der Waals surface area (Å²) in [7, 11) is 3.33. The number of amides is 1.